The highest BCUT2D eigenvalue weighted by molar-refractivity contribution is 5.35. The Morgan fingerprint density at radius 2 is 1.76 bits per heavy atom. The number of methoxy groups -OCH3 is 1. The van der Waals surface area contributed by atoms with Gasteiger partial charge in [0.05, 0.1) is 7.11 Å². The van der Waals surface area contributed by atoms with Gasteiger partial charge >= 0.3 is 0 Å². The Kier molecular flexibility index (Phi) is 7.72. The summed E-state index contributed by atoms with van der Waals surface area (Å²) >= 11 is 0. The third-order valence-corrected chi connectivity index (χ3v) is 3.48. The summed E-state index contributed by atoms with van der Waals surface area (Å²) in [7, 11) is 5.91. The molecule has 120 valence electrons. The second-order valence-corrected chi connectivity index (χ2v) is 6.31. The Labute approximate surface area is 129 Å². The maximum Gasteiger partial charge on any atom is 0.123 e. The Morgan fingerprint density at radius 3 is 2.33 bits per heavy atom. The third kappa shape index (κ3) is 6.46. The van der Waals surface area contributed by atoms with Crippen LogP contribution in [0.5, 0.6) is 5.75 Å². The second kappa shape index (κ2) is 9.03. The highest BCUT2D eigenvalue weighted by Gasteiger charge is 2.16. The van der Waals surface area contributed by atoms with Crippen LogP contribution in [0.2, 0.25) is 0 Å². The molecule has 1 atom stereocenters. The third-order valence-electron chi connectivity index (χ3n) is 3.48. The molecule has 0 aliphatic rings. The van der Waals surface area contributed by atoms with Gasteiger partial charge in [-0.25, -0.2) is 0 Å². The molecule has 0 radical (unpaired) electrons. The van der Waals surface area contributed by atoms with Gasteiger partial charge in [-0.2, -0.15) is 0 Å². The molecular weight excluding hydrogens is 262 g/mol. The first-order valence-corrected chi connectivity index (χ1v) is 7.69. The molecule has 4 nitrogen and oxygen atoms in total. The summed E-state index contributed by atoms with van der Waals surface area (Å²) in [5, 5.41) is 0. The van der Waals surface area contributed by atoms with Gasteiger partial charge in [0.15, 0.2) is 0 Å². The Bertz CT molecular complexity index is 407. The molecule has 0 aromatic heterocycles. The molecule has 1 aromatic carbocycles. The lowest BCUT2D eigenvalue weighted by Crippen LogP contribution is -2.39. The van der Waals surface area contributed by atoms with Gasteiger partial charge in [-0.1, -0.05) is 32.0 Å². The smallest absolute Gasteiger partial charge is 0.123 e. The summed E-state index contributed by atoms with van der Waals surface area (Å²) in [6, 6.07) is 8.00. The summed E-state index contributed by atoms with van der Waals surface area (Å²) in [4.78, 5) is 4.66. The van der Waals surface area contributed by atoms with E-state index in [4.69, 9.17) is 10.5 Å². The summed E-state index contributed by atoms with van der Waals surface area (Å²) in [5.74, 6) is 1.51. The molecule has 0 saturated heterocycles. The van der Waals surface area contributed by atoms with Crippen molar-refractivity contribution in [2.45, 2.75) is 19.9 Å². The molecule has 0 spiro atoms. The van der Waals surface area contributed by atoms with Crippen LogP contribution >= 0.6 is 0 Å². The predicted molar refractivity (Wildman–Crippen MR) is 89.8 cm³/mol. The zero-order valence-corrected chi connectivity index (χ0v) is 14.2. The standard InChI is InChI=1S/C17H31N3O/c1-14(2)12-20(11-10-19(3)4)13-16(18)15-8-6-7-9-17(15)21-5/h6-9,14,16H,10-13,18H2,1-5H3. The van der Waals surface area contributed by atoms with E-state index in [0.29, 0.717) is 5.92 Å². The van der Waals surface area contributed by atoms with Crippen LogP contribution in [0.15, 0.2) is 24.3 Å². The molecular formula is C17H31N3O. The number of likely N-dealkylation sites (N-methyl/N-ethyl adjacent to an activating group) is 1. The van der Waals surface area contributed by atoms with Crippen molar-refractivity contribution in [1.29, 1.82) is 0 Å². The van der Waals surface area contributed by atoms with Crippen molar-refractivity contribution < 1.29 is 4.74 Å². The molecule has 0 heterocycles. The number of hydrogen-bond acceptors (Lipinski definition) is 4. The summed E-state index contributed by atoms with van der Waals surface area (Å²) < 4.78 is 5.42. The predicted octanol–water partition coefficient (Wildman–Crippen LogP) is 2.21. The fraction of sp³-hybridized carbons (Fsp3) is 0.647. The van der Waals surface area contributed by atoms with E-state index in [2.05, 4.69) is 43.8 Å². The van der Waals surface area contributed by atoms with E-state index in [9.17, 15) is 0 Å². The van der Waals surface area contributed by atoms with Crippen LogP contribution in [-0.2, 0) is 0 Å². The molecule has 0 fully saturated rings. The fourth-order valence-corrected chi connectivity index (χ4v) is 2.46. The van der Waals surface area contributed by atoms with Crippen molar-refractivity contribution in [3.8, 4) is 5.75 Å². The lowest BCUT2D eigenvalue weighted by Gasteiger charge is -2.29. The number of nitrogens with zero attached hydrogens (tertiary/aromatic N) is 2. The van der Waals surface area contributed by atoms with Gasteiger partial charge in [-0.15, -0.1) is 0 Å². The molecule has 0 saturated carbocycles. The van der Waals surface area contributed by atoms with Crippen molar-refractivity contribution in [1.82, 2.24) is 9.80 Å². The maximum absolute atomic E-state index is 6.42. The van der Waals surface area contributed by atoms with Gasteiger partial charge in [-0.3, -0.25) is 4.90 Å². The van der Waals surface area contributed by atoms with Gasteiger partial charge < -0.3 is 15.4 Å². The zero-order chi connectivity index (χ0) is 15.8. The van der Waals surface area contributed by atoms with Crippen LogP contribution in [0.4, 0.5) is 0 Å². The molecule has 1 aromatic rings. The summed E-state index contributed by atoms with van der Waals surface area (Å²) in [6.45, 7) is 8.50. The summed E-state index contributed by atoms with van der Waals surface area (Å²) in [6.07, 6.45) is 0. The zero-order valence-electron chi connectivity index (χ0n) is 14.2. The van der Waals surface area contributed by atoms with E-state index in [1.54, 1.807) is 7.11 Å². The minimum Gasteiger partial charge on any atom is -0.496 e. The van der Waals surface area contributed by atoms with Crippen molar-refractivity contribution >= 4 is 0 Å². The van der Waals surface area contributed by atoms with Crippen molar-refractivity contribution in [2.75, 3.05) is 47.4 Å². The number of nitrogens with two attached hydrogens (primary N) is 1. The monoisotopic (exact) mass is 293 g/mol. The van der Waals surface area contributed by atoms with Crippen molar-refractivity contribution in [2.24, 2.45) is 11.7 Å². The van der Waals surface area contributed by atoms with E-state index < -0.39 is 0 Å². The van der Waals surface area contributed by atoms with Crippen LogP contribution < -0.4 is 10.5 Å². The van der Waals surface area contributed by atoms with Crippen LogP contribution in [0.3, 0.4) is 0 Å². The maximum atomic E-state index is 6.42. The lowest BCUT2D eigenvalue weighted by atomic mass is 10.1. The minimum atomic E-state index is -0.0259. The molecule has 21 heavy (non-hydrogen) atoms. The first-order valence-electron chi connectivity index (χ1n) is 7.69. The normalized spacial score (nSPS) is 13.2. The largest absolute Gasteiger partial charge is 0.496 e. The van der Waals surface area contributed by atoms with Gasteiger partial charge in [0, 0.05) is 37.8 Å². The molecule has 1 rings (SSSR count). The van der Waals surface area contributed by atoms with Gasteiger partial charge in [0.1, 0.15) is 5.75 Å². The molecule has 0 aliphatic carbocycles. The quantitative estimate of drug-likeness (QED) is 0.758. The molecule has 1 unspecified atom stereocenters. The fourth-order valence-electron chi connectivity index (χ4n) is 2.46. The molecule has 4 heteroatoms. The molecule has 0 bridgehead atoms. The second-order valence-electron chi connectivity index (χ2n) is 6.31. The average Bonchev–Trinajstić information content (AvgIpc) is 2.44. The highest BCUT2D eigenvalue weighted by atomic mass is 16.5. The Balaban J connectivity index is 2.71. The van der Waals surface area contributed by atoms with E-state index in [1.165, 1.54) is 0 Å². The lowest BCUT2D eigenvalue weighted by molar-refractivity contribution is 0.207. The van der Waals surface area contributed by atoms with Crippen molar-refractivity contribution in [3.05, 3.63) is 29.8 Å². The van der Waals surface area contributed by atoms with Crippen LogP contribution in [0.1, 0.15) is 25.5 Å². The van der Waals surface area contributed by atoms with Gasteiger partial charge in [-0.05, 0) is 26.1 Å². The van der Waals surface area contributed by atoms with Gasteiger partial charge in [0.2, 0.25) is 0 Å². The van der Waals surface area contributed by atoms with E-state index in [1.807, 2.05) is 18.2 Å². The van der Waals surface area contributed by atoms with Crippen LogP contribution in [0.25, 0.3) is 0 Å². The SMILES string of the molecule is COc1ccccc1C(N)CN(CCN(C)C)CC(C)C. The van der Waals surface area contributed by atoms with Crippen LogP contribution in [-0.4, -0.2) is 57.2 Å². The molecule has 2 N–H and O–H groups in total. The van der Waals surface area contributed by atoms with E-state index >= 15 is 0 Å². The number of benzene rings is 1. The van der Waals surface area contributed by atoms with E-state index in [-0.39, 0.29) is 6.04 Å². The number of para-hydroxylation sites is 1. The van der Waals surface area contributed by atoms with Crippen molar-refractivity contribution in [3.63, 3.8) is 0 Å². The molecule has 0 amide bonds. The number of ether oxygens (including phenoxy) is 1. The highest BCUT2D eigenvalue weighted by Crippen LogP contribution is 2.23. The number of hydrogen-bond donors (Lipinski definition) is 1. The van der Waals surface area contributed by atoms with Gasteiger partial charge in [0.25, 0.3) is 0 Å². The van der Waals surface area contributed by atoms with Crippen LogP contribution in [0, 0.1) is 5.92 Å². The topological polar surface area (TPSA) is 41.7 Å². The summed E-state index contributed by atoms with van der Waals surface area (Å²) in [5.41, 5.74) is 7.50. The average molecular weight is 293 g/mol. The number of rotatable bonds is 9. The minimum absolute atomic E-state index is 0.0259. The Hall–Kier alpha value is -1.10. The first-order chi connectivity index (χ1) is 9.93. The molecule has 0 aliphatic heterocycles. The van der Waals surface area contributed by atoms with E-state index in [0.717, 1.165) is 37.5 Å². The first kappa shape index (κ1) is 18.0. The Morgan fingerprint density at radius 1 is 1.10 bits per heavy atom.